The summed E-state index contributed by atoms with van der Waals surface area (Å²) in [5, 5.41) is 25.0. The van der Waals surface area contributed by atoms with E-state index in [0.717, 1.165) is 5.75 Å². The highest BCUT2D eigenvalue weighted by molar-refractivity contribution is 8.32. The lowest BCUT2D eigenvalue weighted by molar-refractivity contribution is -0.138. The number of hydrogen-bond acceptors (Lipinski definition) is 8. The number of imidazole rings is 1. The summed E-state index contributed by atoms with van der Waals surface area (Å²) in [5.74, 6) is 0.525. The first-order valence-corrected chi connectivity index (χ1v) is 17.5. The van der Waals surface area contributed by atoms with Crippen molar-refractivity contribution in [2.45, 2.75) is 32.0 Å². The van der Waals surface area contributed by atoms with Crippen LogP contribution < -0.4 is 10.3 Å². The second-order valence-corrected chi connectivity index (χ2v) is 16.5. The van der Waals surface area contributed by atoms with Gasteiger partial charge in [0.05, 0.1) is 53.3 Å². The van der Waals surface area contributed by atoms with E-state index in [-0.39, 0.29) is 42.6 Å². The van der Waals surface area contributed by atoms with Crippen molar-refractivity contribution in [2.24, 2.45) is 0 Å². The molecule has 0 spiro atoms. The van der Waals surface area contributed by atoms with Crippen molar-refractivity contribution in [3.05, 3.63) is 63.8 Å². The molecule has 5 rings (SSSR count). The number of halogens is 2. The monoisotopic (exact) mass is 642 g/mol. The molecule has 11 nitrogen and oxygen atoms in total. The molecule has 1 unspecified atom stereocenters. The van der Waals surface area contributed by atoms with Gasteiger partial charge in [-0.05, 0) is 37.3 Å². The number of carboxylic acid groups (broad SMARTS) is 1. The van der Waals surface area contributed by atoms with Gasteiger partial charge >= 0.3 is 5.97 Å². The molecule has 1 atom stereocenters. The van der Waals surface area contributed by atoms with Crippen molar-refractivity contribution in [2.75, 3.05) is 57.4 Å². The van der Waals surface area contributed by atoms with Crippen LogP contribution in [0.1, 0.15) is 29.5 Å². The fraction of sp³-hybridized carbons (Fsp3) is 0.452. The fourth-order valence-electron chi connectivity index (χ4n) is 5.45. The Morgan fingerprint density at radius 2 is 1.98 bits per heavy atom. The number of nitriles is 1. The number of fused-ring (bicyclic) bond motifs is 2. The molecule has 14 heteroatoms. The summed E-state index contributed by atoms with van der Waals surface area (Å²) >= 11 is 0. The number of carboxylic acids is 1. The Labute approximate surface area is 260 Å². The van der Waals surface area contributed by atoms with Crippen LogP contribution in [0.2, 0.25) is 0 Å². The quantitative estimate of drug-likeness (QED) is 0.216. The Kier molecular flexibility index (Phi) is 9.71. The zero-order chi connectivity index (χ0) is 32.3. The molecule has 4 aromatic rings. The molecule has 1 saturated heterocycles. The van der Waals surface area contributed by atoms with Crippen molar-refractivity contribution in [1.29, 1.82) is 5.26 Å². The first kappa shape index (κ1) is 32.3. The molecule has 240 valence electrons. The van der Waals surface area contributed by atoms with Gasteiger partial charge in [0.25, 0.3) is 12.0 Å². The van der Waals surface area contributed by atoms with Crippen molar-refractivity contribution in [3.8, 4) is 11.8 Å². The molecule has 1 aliphatic heterocycles. The maximum Gasteiger partial charge on any atom is 0.317 e. The van der Waals surface area contributed by atoms with E-state index >= 15 is 0 Å². The predicted molar refractivity (Wildman–Crippen MR) is 169 cm³/mol. The Bertz CT molecular complexity index is 1810. The summed E-state index contributed by atoms with van der Waals surface area (Å²) in [6, 6.07) is 12.0. The molecule has 0 radical (unpaired) electrons. The van der Waals surface area contributed by atoms with Gasteiger partial charge in [-0.3, -0.25) is 14.5 Å². The van der Waals surface area contributed by atoms with Crippen molar-refractivity contribution < 1.29 is 28.2 Å². The second-order valence-electron chi connectivity index (χ2n) is 11.9. The van der Waals surface area contributed by atoms with E-state index < -0.39 is 29.0 Å². The smallest absolute Gasteiger partial charge is 0.317 e. The van der Waals surface area contributed by atoms with Crippen LogP contribution in [0.25, 0.3) is 21.8 Å². The fourth-order valence-corrected chi connectivity index (χ4v) is 6.07. The van der Waals surface area contributed by atoms with Gasteiger partial charge in [0.1, 0.15) is 31.0 Å². The molecule has 45 heavy (non-hydrogen) atoms. The number of aliphatic carboxylic acids is 1. The summed E-state index contributed by atoms with van der Waals surface area (Å²) in [6.45, 7) is 0.604. The summed E-state index contributed by atoms with van der Waals surface area (Å²) in [6.07, 6.45) is 4.68. The van der Waals surface area contributed by atoms with Crippen LogP contribution in [-0.4, -0.2) is 99.1 Å². The first-order chi connectivity index (χ1) is 21.4. The average molecular weight is 643 g/mol. The normalized spacial score (nSPS) is 16.1. The molecule has 0 saturated carbocycles. The first-order valence-electron chi connectivity index (χ1n) is 14.5. The Hall–Kier alpha value is -4.06. The Morgan fingerprint density at radius 3 is 2.67 bits per heavy atom. The Balaban J connectivity index is 1.57. The largest absolute Gasteiger partial charge is 0.486 e. The molecule has 1 fully saturated rings. The van der Waals surface area contributed by atoms with E-state index in [1.807, 2.05) is 22.8 Å². The predicted octanol–water partition coefficient (Wildman–Crippen LogP) is 3.85. The molecular weight excluding hydrogens is 606 g/mol. The van der Waals surface area contributed by atoms with E-state index in [4.69, 9.17) is 19.6 Å². The van der Waals surface area contributed by atoms with Gasteiger partial charge in [0, 0.05) is 30.3 Å². The molecule has 3 heterocycles. The Morgan fingerprint density at radius 1 is 1.22 bits per heavy atom. The summed E-state index contributed by atoms with van der Waals surface area (Å²) in [4.78, 5) is 31.4. The molecule has 1 aliphatic rings. The van der Waals surface area contributed by atoms with Crippen LogP contribution >= 0.6 is 10.0 Å². The SMILES string of the molecule is CS(C)(C)CCOCn1c(Cc2nn(C3CCN(CC(=O)O)C3)c(=O)c3ccccc23)nc2cc(OCC(F)F)c(C#N)cc21. The van der Waals surface area contributed by atoms with Crippen molar-refractivity contribution in [3.63, 3.8) is 0 Å². The van der Waals surface area contributed by atoms with Gasteiger partial charge in [-0.2, -0.15) is 10.4 Å². The summed E-state index contributed by atoms with van der Waals surface area (Å²) in [5.41, 5.74) is 1.45. The molecule has 2 aromatic carbocycles. The van der Waals surface area contributed by atoms with Crippen LogP contribution in [0.15, 0.2) is 41.2 Å². The third-order valence-corrected chi connectivity index (χ3v) is 9.05. The minimum atomic E-state index is -2.70. The number of benzene rings is 2. The lowest BCUT2D eigenvalue weighted by Gasteiger charge is -2.24. The maximum atomic E-state index is 13.6. The van der Waals surface area contributed by atoms with Crippen LogP contribution in [0, 0.1) is 11.3 Å². The van der Waals surface area contributed by atoms with Crippen molar-refractivity contribution >= 4 is 37.8 Å². The maximum absolute atomic E-state index is 13.6. The van der Waals surface area contributed by atoms with Crippen LogP contribution in [-0.2, 0) is 22.7 Å². The average Bonchev–Trinajstić information content (AvgIpc) is 3.57. The third-order valence-electron chi connectivity index (χ3n) is 7.66. The molecule has 1 N–H and O–H groups in total. The number of aromatic nitrogens is 4. The van der Waals surface area contributed by atoms with E-state index in [1.165, 1.54) is 10.7 Å². The van der Waals surface area contributed by atoms with E-state index in [0.29, 0.717) is 59.4 Å². The number of ether oxygens (including phenoxy) is 2. The van der Waals surface area contributed by atoms with Crippen LogP contribution in [0.4, 0.5) is 8.78 Å². The number of carbonyl (C=O) groups is 1. The number of rotatable bonds is 13. The summed E-state index contributed by atoms with van der Waals surface area (Å²) in [7, 11) is -0.797. The highest BCUT2D eigenvalue weighted by Crippen LogP contribution is 2.34. The van der Waals surface area contributed by atoms with Crippen LogP contribution in [0.5, 0.6) is 5.75 Å². The molecule has 0 amide bonds. The minimum absolute atomic E-state index is 0.0167. The van der Waals surface area contributed by atoms with Gasteiger partial charge < -0.3 is 19.1 Å². The van der Waals surface area contributed by atoms with E-state index in [9.17, 15) is 28.7 Å². The number of hydrogen-bond donors (Lipinski definition) is 1. The van der Waals surface area contributed by atoms with Crippen molar-refractivity contribution in [1.82, 2.24) is 24.2 Å². The summed E-state index contributed by atoms with van der Waals surface area (Å²) < 4.78 is 40.4. The lowest BCUT2D eigenvalue weighted by atomic mass is 10.1. The molecule has 2 aromatic heterocycles. The highest BCUT2D eigenvalue weighted by Gasteiger charge is 2.28. The molecular formula is C31H36F2N6O5S. The number of likely N-dealkylation sites (tertiary alicyclic amines) is 1. The number of nitrogens with zero attached hydrogens (tertiary/aromatic N) is 6. The zero-order valence-electron chi connectivity index (χ0n) is 25.4. The minimum Gasteiger partial charge on any atom is -0.486 e. The number of alkyl halides is 2. The van der Waals surface area contributed by atoms with Gasteiger partial charge in [-0.25, -0.2) is 28.5 Å². The van der Waals surface area contributed by atoms with Gasteiger partial charge in [-0.1, -0.05) is 18.2 Å². The van der Waals surface area contributed by atoms with Gasteiger partial charge in [-0.15, -0.1) is 0 Å². The lowest BCUT2D eigenvalue weighted by Crippen LogP contribution is -2.32. The zero-order valence-corrected chi connectivity index (χ0v) is 26.2. The third kappa shape index (κ3) is 7.61. The topological polar surface area (TPSA) is 136 Å². The standard InChI is InChI=1S/C31H36F2N6O5S/c1-45(2,3)11-10-43-19-38-26-12-20(15-34)27(44-18-28(32)33)13-25(26)35-29(38)14-24-22-6-4-5-7-23(22)31(42)39(36-24)21-8-9-37(16-21)17-30(40)41/h4-7,12-13,21,28H,8-11,14,16-19H2,1-3H3,(H,40,41). The molecule has 0 bridgehead atoms. The van der Waals surface area contributed by atoms with E-state index in [1.54, 1.807) is 23.1 Å². The van der Waals surface area contributed by atoms with Crippen LogP contribution in [0.3, 0.4) is 0 Å². The van der Waals surface area contributed by atoms with Gasteiger partial charge in [0.2, 0.25) is 0 Å². The highest BCUT2D eigenvalue weighted by atomic mass is 32.3. The van der Waals surface area contributed by atoms with E-state index in [2.05, 4.69) is 18.8 Å². The van der Waals surface area contributed by atoms with Gasteiger partial charge in [0.15, 0.2) is 0 Å². The molecule has 0 aliphatic carbocycles. The second kappa shape index (κ2) is 13.5.